The fourth-order valence-electron chi connectivity index (χ4n) is 3.33. The molecule has 0 aliphatic heterocycles. The number of ether oxygens (including phenoxy) is 1. The van der Waals surface area contributed by atoms with Crippen molar-refractivity contribution in [3.05, 3.63) is 47.3 Å². The Morgan fingerprint density at radius 2 is 1.93 bits per heavy atom. The van der Waals surface area contributed by atoms with E-state index in [1.165, 1.54) is 37.1 Å². The minimum absolute atomic E-state index is 0.0438. The topological polar surface area (TPSA) is 56.1 Å². The lowest BCUT2D eigenvalue weighted by molar-refractivity contribution is 0.0952. The van der Waals surface area contributed by atoms with E-state index in [0.717, 1.165) is 31.7 Å². The summed E-state index contributed by atoms with van der Waals surface area (Å²) in [5.41, 5.74) is 3.28. The molecule has 0 spiro atoms. The van der Waals surface area contributed by atoms with Crippen molar-refractivity contribution >= 4 is 5.91 Å². The molecule has 0 unspecified atom stereocenters. The highest BCUT2D eigenvalue weighted by Crippen LogP contribution is 2.44. The van der Waals surface area contributed by atoms with Gasteiger partial charge in [0.25, 0.3) is 5.91 Å². The van der Waals surface area contributed by atoms with Crippen molar-refractivity contribution < 1.29 is 9.53 Å². The zero-order valence-electron chi connectivity index (χ0n) is 16.1. The highest BCUT2D eigenvalue weighted by Gasteiger charge is 2.32. The van der Waals surface area contributed by atoms with Crippen LogP contribution >= 0.6 is 0 Å². The van der Waals surface area contributed by atoms with Crippen molar-refractivity contribution in [1.29, 1.82) is 0 Å². The van der Waals surface area contributed by atoms with E-state index in [2.05, 4.69) is 23.0 Å². The molecule has 2 aliphatic rings. The van der Waals surface area contributed by atoms with Crippen molar-refractivity contribution in [3.8, 4) is 5.75 Å². The second kappa shape index (κ2) is 8.15. The van der Waals surface area contributed by atoms with Gasteiger partial charge in [-0.3, -0.25) is 9.48 Å². The summed E-state index contributed by atoms with van der Waals surface area (Å²) in [6.45, 7) is 4.19. The summed E-state index contributed by atoms with van der Waals surface area (Å²) in [7, 11) is 0. The molecule has 5 heteroatoms. The number of benzene rings is 1. The molecule has 0 radical (unpaired) electrons. The number of hydrogen-bond donors (Lipinski definition) is 1. The van der Waals surface area contributed by atoms with Crippen molar-refractivity contribution in [2.45, 2.75) is 63.8 Å². The van der Waals surface area contributed by atoms with Crippen LogP contribution in [-0.4, -0.2) is 28.8 Å². The third kappa shape index (κ3) is 4.71. The van der Waals surface area contributed by atoms with Gasteiger partial charge in [-0.2, -0.15) is 5.10 Å². The van der Waals surface area contributed by atoms with Crippen LogP contribution in [0.2, 0.25) is 0 Å². The third-order valence-electron chi connectivity index (χ3n) is 5.31. The highest BCUT2D eigenvalue weighted by molar-refractivity contribution is 5.94. The fraction of sp³-hybridized carbons (Fsp3) is 0.545. The number of hydrogen-bond acceptors (Lipinski definition) is 3. The van der Waals surface area contributed by atoms with Gasteiger partial charge in [0.1, 0.15) is 5.75 Å². The first kappa shape index (κ1) is 18.1. The Bertz CT molecular complexity index is 773. The minimum Gasteiger partial charge on any atom is -0.494 e. The van der Waals surface area contributed by atoms with Gasteiger partial charge >= 0.3 is 0 Å². The van der Waals surface area contributed by atoms with Gasteiger partial charge in [-0.05, 0) is 62.4 Å². The third-order valence-corrected chi connectivity index (χ3v) is 5.31. The Labute approximate surface area is 161 Å². The fourth-order valence-corrected chi connectivity index (χ4v) is 3.33. The van der Waals surface area contributed by atoms with Crippen molar-refractivity contribution in [2.24, 2.45) is 0 Å². The smallest absolute Gasteiger partial charge is 0.251 e. The molecular weight excluding hydrogens is 338 g/mol. The van der Waals surface area contributed by atoms with Crippen LogP contribution in [0.5, 0.6) is 5.75 Å². The van der Waals surface area contributed by atoms with Gasteiger partial charge in [-0.25, -0.2) is 0 Å². The summed E-state index contributed by atoms with van der Waals surface area (Å²) in [5, 5.41) is 7.82. The van der Waals surface area contributed by atoms with Crippen LogP contribution in [0.1, 0.15) is 79.0 Å². The molecule has 2 fully saturated rings. The molecule has 1 aromatic heterocycles. The number of nitrogens with zero attached hydrogens (tertiary/aromatic N) is 2. The first-order valence-corrected chi connectivity index (χ1v) is 10.3. The first-order chi connectivity index (χ1) is 13.2. The quantitative estimate of drug-likeness (QED) is 0.639. The van der Waals surface area contributed by atoms with Crippen LogP contribution in [0.4, 0.5) is 0 Å². The van der Waals surface area contributed by atoms with Crippen LogP contribution in [-0.2, 0) is 6.54 Å². The van der Waals surface area contributed by atoms with Crippen molar-refractivity contribution in [2.75, 3.05) is 13.2 Å². The van der Waals surface area contributed by atoms with Gasteiger partial charge in [0, 0.05) is 29.6 Å². The SMILES string of the molecule is CCCCOc1ccc(C(=O)NCCn2nc(C3CC3)cc2C2CC2)cc1. The summed E-state index contributed by atoms with van der Waals surface area (Å²) < 4.78 is 7.77. The van der Waals surface area contributed by atoms with E-state index in [9.17, 15) is 4.79 Å². The van der Waals surface area contributed by atoms with E-state index in [0.29, 0.717) is 23.9 Å². The van der Waals surface area contributed by atoms with E-state index in [1.807, 2.05) is 24.3 Å². The molecule has 2 aromatic rings. The summed E-state index contributed by atoms with van der Waals surface area (Å²) in [6, 6.07) is 9.68. The number of amides is 1. The summed E-state index contributed by atoms with van der Waals surface area (Å²) in [6.07, 6.45) is 7.25. The Morgan fingerprint density at radius 1 is 1.19 bits per heavy atom. The van der Waals surface area contributed by atoms with Crippen molar-refractivity contribution in [3.63, 3.8) is 0 Å². The monoisotopic (exact) mass is 367 g/mol. The van der Waals surface area contributed by atoms with Crippen LogP contribution < -0.4 is 10.1 Å². The van der Waals surface area contributed by atoms with E-state index in [4.69, 9.17) is 9.84 Å². The Balaban J connectivity index is 1.28. The lowest BCUT2D eigenvalue weighted by atomic mass is 10.2. The van der Waals surface area contributed by atoms with Crippen LogP contribution in [0.3, 0.4) is 0 Å². The van der Waals surface area contributed by atoms with E-state index >= 15 is 0 Å². The molecule has 1 heterocycles. The molecular formula is C22H29N3O2. The number of nitrogens with one attached hydrogen (secondary N) is 1. The zero-order chi connectivity index (χ0) is 18.6. The lowest BCUT2D eigenvalue weighted by Crippen LogP contribution is -2.28. The molecule has 0 saturated heterocycles. The molecule has 0 bridgehead atoms. The molecule has 1 amide bonds. The van der Waals surface area contributed by atoms with Gasteiger partial charge in [-0.1, -0.05) is 13.3 Å². The molecule has 2 aliphatic carbocycles. The Morgan fingerprint density at radius 3 is 2.59 bits per heavy atom. The molecule has 1 N–H and O–H groups in total. The van der Waals surface area contributed by atoms with E-state index in [-0.39, 0.29) is 5.91 Å². The normalized spacial score (nSPS) is 16.3. The summed E-state index contributed by atoms with van der Waals surface area (Å²) >= 11 is 0. The Hall–Kier alpha value is -2.30. The standard InChI is InChI=1S/C22H29N3O2/c1-2-3-14-27-19-10-8-18(9-11-19)22(26)23-12-13-25-21(17-6-7-17)15-20(24-25)16-4-5-16/h8-11,15-17H,2-7,12-14H2,1H3,(H,23,26). The molecule has 144 valence electrons. The maximum atomic E-state index is 12.4. The largest absolute Gasteiger partial charge is 0.494 e. The van der Waals surface area contributed by atoms with E-state index < -0.39 is 0 Å². The molecule has 4 rings (SSSR count). The number of aromatic nitrogens is 2. The molecule has 2 saturated carbocycles. The predicted molar refractivity (Wildman–Crippen MR) is 105 cm³/mol. The molecule has 27 heavy (non-hydrogen) atoms. The van der Waals surface area contributed by atoms with Crippen molar-refractivity contribution in [1.82, 2.24) is 15.1 Å². The van der Waals surface area contributed by atoms with Gasteiger partial charge < -0.3 is 10.1 Å². The van der Waals surface area contributed by atoms with Gasteiger partial charge in [-0.15, -0.1) is 0 Å². The van der Waals surface area contributed by atoms with E-state index in [1.54, 1.807) is 0 Å². The highest BCUT2D eigenvalue weighted by atomic mass is 16.5. The number of carbonyl (C=O) groups is 1. The molecule has 1 aromatic carbocycles. The second-order valence-electron chi connectivity index (χ2n) is 7.75. The van der Waals surface area contributed by atoms with Crippen LogP contribution in [0.25, 0.3) is 0 Å². The molecule has 5 nitrogen and oxygen atoms in total. The van der Waals surface area contributed by atoms with Crippen LogP contribution in [0.15, 0.2) is 30.3 Å². The number of carbonyl (C=O) groups excluding carboxylic acids is 1. The predicted octanol–water partition coefficient (Wildman–Crippen LogP) is 4.25. The average Bonchev–Trinajstić information content (AvgIpc) is 3.61. The number of unbranched alkanes of at least 4 members (excludes halogenated alkanes) is 1. The molecule has 0 atom stereocenters. The average molecular weight is 367 g/mol. The van der Waals surface area contributed by atoms with Gasteiger partial charge in [0.15, 0.2) is 0 Å². The summed E-state index contributed by atoms with van der Waals surface area (Å²) in [5.74, 6) is 2.13. The van der Waals surface area contributed by atoms with Gasteiger partial charge in [0.05, 0.1) is 18.8 Å². The lowest BCUT2D eigenvalue weighted by Gasteiger charge is -2.09. The maximum absolute atomic E-state index is 12.4. The first-order valence-electron chi connectivity index (χ1n) is 10.3. The number of rotatable bonds is 10. The van der Waals surface area contributed by atoms with Gasteiger partial charge in [0.2, 0.25) is 0 Å². The summed E-state index contributed by atoms with van der Waals surface area (Å²) in [4.78, 5) is 12.4. The van der Waals surface area contributed by atoms with Crippen LogP contribution in [0, 0.1) is 0 Å². The zero-order valence-corrected chi connectivity index (χ0v) is 16.1. The minimum atomic E-state index is -0.0438. The maximum Gasteiger partial charge on any atom is 0.251 e. The Kier molecular flexibility index (Phi) is 5.46. The second-order valence-corrected chi connectivity index (χ2v) is 7.75.